The third-order valence-corrected chi connectivity index (χ3v) is 7.36. The lowest BCUT2D eigenvalue weighted by atomic mass is 9.59. The first kappa shape index (κ1) is 18.7. The maximum atomic E-state index is 13.2. The first-order chi connectivity index (χ1) is 14.0. The molecule has 1 saturated heterocycles. The van der Waals surface area contributed by atoms with E-state index in [2.05, 4.69) is 5.32 Å². The zero-order chi connectivity index (χ0) is 20.2. The second-order valence-electron chi connectivity index (χ2n) is 8.94. The Morgan fingerprint density at radius 2 is 2.07 bits per heavy atom. The van der Waals surface area contributed by atoms with Crippen LogP contribution in [-0.2, 0) is 4.79 Å². The van der Waals surface area contributed by atoms with Gasteiger partial charge in [0.2, 0.25) is 5.91 Å². The van der Waals surface area contributed by atoms with Crippen LogP contribution >= 0.6 is 0 Å². The summed E-state index contributed by atoms with van der Waals surface area (Å²) in [6.07, 6.45) is 4.38. The Balaban J connectivity index is 1.36. The van der Waals surface area contributed by atoms with E-state index in [1.54, 1.807) is 25.3 Å². The number of nitrogens with zero attached hydrogens (tertiary/aromatic N) is 1. The number of hydrogen-bond donors (Lipinski definition) is 2. The minimum Gasteiger partial charge on any atom is -0.497 e. The van der Waals surface area contributed by atoms with Gasteiger partial charge < -0.3 is 24.8 Å². The minimum atomic E-state index is -0.728. The lowest BCUT2D eigenvalue weighted by molar-refractivity contribution is -0.157. The number of aliphatic hydroxyl groups excluding tert-OH is 1. The number of likely N-dealkylation sites (tertiary alicyclic amines) is 1. The summed E-state index contributed by atoms with van der Waals surface area (Å²) < 4.78 is 11.7. The van der Waals surface area contributed by atoms with Crippen molar-refractivity contribution in [2.45, 2.75) is 50.4 Å². The summed E-state index contributed by atoms with van der Waals surface area (Å²) in [6.45, 7) is 1.28. The molecule has 0 aromatic heterocycles. The van der Waals surface area contributed by atoms with E-state index in [0.29, 0.717) is 49.4 Å². The average Bonchev–Trinajstić information content (AvgIpc) is 2.73. The normalized spacial score (nSPS) is 33.8. The molecule has 4 atom stereocenters. The molecule has 0 radical (unpaired) electrons. The van der Waals surface area contributed by atoms with Gasteiger partial charge in [-0.3, -0.25) is 9.59 Å². The summed E-state index contributed by atoms with van der Waals surface area (Å²) >= 11 is 0. The monoisotopic (exact) mass is 400 g/mol. The van der Waals surface area contributed by atoms with Crippen LogP contribution in [0.3, 0.4) is 0 Å². The van der Waals surface area contributed by atoms with Gasteiger partial charge in [0.25, 0.3) is 5.91 Å². The largest absolute Gasteiger partial charge is 0.497 e. The fraction of sp³-hybridized carbons (Fsp3) is 0.636. The number of amides is 2. The molecule has 7 nitrogen and oxygen atoms in total. The van der Waals surface area contributed by atoms with Crippen molar-refractivity contribution in [1.82, 2.24) is 10.2 Å². The Labute approximate surface area is 170 Å². The molecule has 4 fully saturated rings. The van der Waals surface area contributed by atoms with Gasteiger partial charge in [-0.1, -0.05) is 0 Å². The van der Waals surface area contributed by atoms with Gasteiger partial charge in [-0.2, -0.15) is 0 Å². The number of fused-ring (bicyclic) bond motifs is 3. The summed E-state index contributed by atoms with van der Waals surface area (Å²) in [5, 5.41) is 12.9. The number of aliphatic hydroxyl groups is 1. The highest BCUT2D eigenvalue weighted by Gasteiger charge is 2.57. The van der Waals surface area contributed by atoms with E-state index in [4.69, 9.17) is 9.47 Å². The maximum absolute atomic E-state index is 13.2. The van der Waals surface area contributed by atoms with E-state index in [9.17, 15) is 14.7 Å². The molecule has 0 unspecified atom stereocenters. The van der Waals surface area contributed by atoms with Crippen molar-refractivity contribution >= 4 is 11.8 Å². The number of piperidine rings is 1. The second-order valence-corrected chi connectivity index (χ2v) is 8.94. The lowest BCUT2D eigenvalue weighted by Crippen LogP contribution is -2.67. The Hall–Kier alpha value is -2.28. The Morgan fingerprint density at radius 3 is 2.76 bits per heavy atom. The van der Waals surface area contributed by atoms with Crippen LogP contribution in [0.25, 0.3) is 0 Å². The molecule has 2 N–H and O–H groups in total. The van der Waals surface area contributed by atoms with E-state index in [1.807, 2.05) is 4.90 Å². The third kappa shape index (κ3) is 3.06. The molecule has 3 aliphatic carbocycles. The number of methoxy groups -OCH3 is 1. The summed E-state index contributed by atoms with van der Waals surface area (Å²) in [5.74, 6) is 1.62. The van der Waals surface area contributed by atoms with Crippen LogP contribution in [0.4, 0.5) is 0 Å². The van der Waals surface area contributed by atoms with Crippen LogP contribution in [0.2, 0.25) is 0 Å². The molecule has 1 aromatic carbocycles. The Kier molecular flexibility index (Phi) is 4.46. The van der Waals surface area contributed by atoms with Crippen molar-refractivity contribution in [1.29, 1.82) is 0 Å². The van der Waals surface area contributed by atoms with Crippen molar-refractivity contribution in [3.8, 4) is 11.5 Å². The Bertz CT molecular complexity index is 834. The van der Waals surface area contributed by atoms with Gasteiger partial charge >= 0.3 is 0 Å². The molecule has 29 heavy (non-hydrogen) atoms. The van der Waals surface area contributed by atoms with Crippen molar-refractivity contribution in [2.75, 3.05) is 20.2 Å². The van der Waals surface area contributed by atoms with E-state index < -0.39 is 5.72 Å². The molecule has 7 heteroatoms. The average molecular weight is 400 g/mol. The van der Waals surface area contributed by atoms with E-state index >= 15 is 0 Å². The van der Waals surface area contributed by atoms with Gasteiger partial charge in [-0.05, 0) is 50.2 Å². The van der Waals surface area contributed by atoms with Crippen LogP contribution < -0.4 is 14.8 Å². The van der Waals surface area contributed by atoms with Crippen LogP contribution in [0.5, 0.6) is 11.5 Å². The molecule has 2 heterocycles. The highest BCUT2D eigenvalue weighted by molar-refractivity contribution is 5.98. The molecule has 156 valence electrons. The van der Waals surface area contributed by atoms with E-state index in [1.165, 1.54) is 0 Å². The van der Waals surface area contributed by atoms with Crippen molar-refractivity contribution in [2.24, 2.45) is 17.8 Å². The SMILES string of the molecule is COc1ccc2c(c1)O[C@]1(C[C@H]3CC[C@H]1C[C@@H]3C(=O)N1CCC(O)CC1)NC2=O. The quantitative estimate of drug-likeness (QED) is 0.792. The molecular formula is C22H28N2O5. The highest BCUT2D eigenvalue weighted by atomic mass is 16.5. The van der Waals surface area contributed by atoms with Gasteiger partial charge in [0.15, 0.2) is 5.72 Å². The number of carbonyl (C=O) groups is 2. The first-order valence-electron chi connectivity index (χ1n) is 10.7. The number of carbonyl (C=O) groups excluding carboxylic acids is 2. The van der Waals surface area contributed by atoms with Gasteiger partial charge in [-0.15, -0.1) is 0 Å². The molecule has 3 saturated carbocycles. The van der Waals surface area contributed by atoms with Crippen molar-refractivity contribution < 1.29 is 24.2 Å². The minimum absolute atomic E-state index is 0.0122. The standard InChI is InChI=1S/C22H28N2O5/c1-28-16-4-5-17-19(11-16)29-22(23-20(17)26)12-13-2-3-14(22)10-18(13)21(27)24-8-6-15(25)7-9-24/h4-5,11,13-15,18,25H,2-3,6-10,12H2,1H3,(H,23,26)/t13-,14+,18+,22+/m1/s1. The molecule has 2 amide bonds. The van der Waals surface area contributed by atoms with Crippen LogP contribution in [-0.4, -0.2) is 53.8 Å². The van der Waals surface area contributed by atoms with Crippen molar-refractivity contribution in [3.63, 3.8) is 0 Å². The first-order valence-corrected chi connectivity index (χ1v) is 10.7. The summed E-state index contributed by atoms with van der Waals surface area (Å²) in [7, 11) is 1.60. The molecule has 6 rings (SSSR count). The molecular weight excluding hydrogens is 372 g/mol. The zero-order valence-corrected chi connectivity index (χ0v) is 16.7. The number of hydrogen-bond acceptors (Lipinski definition) is 5. The smallest absolute Gasteiger partial charge is 0.258 e. The van der Waals surface area contributed by atoms with Crippen molar-refractivity contribution in [3.05, 3.63) is 23.8 Å². The number of nitrogens with one attached hydrogen (secondary N) is 1. The topological polar surface area (TPSA) is 88.1 Å². The fourth-order valence-corrected chi connectivity index (χ4v) is 5.74. The summed E-state index contributed by atoms with van der Waals surface area (Å²) in [6, 6.07) is 5.27. The summed E-state index contributed by atoms with van der Waals surface area (Å²) in [4.78, 5) is 27.9. The molecule has 1 aromatic rings. The number of rotatable bonds is 2. The van der Waals surface area contributed by atoms with Gasteiger partial charge in [0.05, 0.1) is 18.8 Å². The van der Waals surface area contributed by atoms with E-state index in [-0.39, 0.29) is 35.7 Å². The third-order valence-electron chi connectivity index (χ3n) is 7.36. The van der Waals surface area contributed by atoms with Gasteiger partial charge in [0, 0.05) is 37.4 Å². The van der Waals surface area contributed by atoms with Gasteiger partial charge in [-0.25, -0.2) is 0 Å². The molecule has 1 spiro atoms. The zero-order valence-electron chi connectivity index (χ0n) is 16.7. The number of benzene rings is 1. The lowest BCUT2D eigenvalue weighted by Gasteiger charge is -2.55. The van der Waals surface area contributed by atoms with Gasteiger partial charge in [0.1, 0.15) is 11.5 Å². The summed E-state index contributed by atoms with van der Waals surface area (Å²) in [5.41, 5.74) is -0.203. The molecule has 2 aliphatic heterocycles. The van der Waals surface area contributed by atoms with Crippen LogP contribution in [0, 0.1) is 17.8 Å². The van der Waals surface area contributed by atoms with E-state index in [0.717, 1.165) is 19.3 Å². The van der Waals surface area contributed by atoms with Crippen LogP contribution in [0.15, 0.2) is 18.2 Å². The predicted molar refractivity (Wildman–Crippen MR) is 105 cm³/mol. The maximum Gasteiger partial charge on any atom is 0.258 e. The molecule has 2 bridgehead atoms. The molecule has 5 aliphatic rings. The van der Waals surface area contributed by atoms with Crippen LogP contribution in [0.1, 0.15) is 48.9 Å². The second kappa shape index (κ2) is 6.90. The predicted octanol–water partition coefficient (Wildman–Crippen LogP) is 1.93. The fourth-order valence-electron chi connectivity index (χ4n) is 5.74. The number of ether oxygens (including phenoxy) is 2. The highest BCUT2D eigenvalue weighted by Crippen LogP contribution is 2.53. The Morgan fingerprint density at radius 1 is 1.28 bits per heavy atom.